The Morgan fingerprint density at radius 2 is 1.81 bits per heavy atom. The molecule has 0 amide bonds. The van der Waals surface area contributed by atoms with Crippen molar-refractivity contribution in [2.45, 2.75) is 6.50 Å². The summed E-state index contributed by atoms with van der Waals surface area (Å²) in [6.07, 6.45) is 0. The van der Waals surface area contributed by atoms with E-state index in [0.29, 0.717) is 10.9 Å². The molecule has 3 rings (SSSR count). The smallest absolute Gasteiger partial charge is 0.222 e. The quantitative estimate of drug-likeness (QED) is 0.611. The van der Waals surface area contributed by atoms with Crippen LogP contribution in [0, 0.1) is 0 Å². The first kappa shape index (κ1) is 9.91. The van der Waals surface area contributed by atoms with Gasteiger partial charge >= 0.3 is 0 Å². The Balaban J connectivity index is 2.06. The molecule has 0 saturated heterocycles. The highest BCUT2D eigenvalue weighted by molar-refractivity contribution is 5.89. The fourth-order valence-corrected chi connectivity index (χ4v) is 2.39. The zero-order chi connectivity index (χ0) is 25.5. The molecule has 26 heavy (non-hydrogen) atoms. The first-order valence-electron chi connectivity index (χ1n) is 11.3. The van der Waals surface area contributed by atoms with Crippen LogP contribution in [0.5, 0.6) is 17.2 Å². The van der Waals surface area contributed by atoms with E-state index in [2.05, 4.69) is 15.3 Å². The summed E-state index contributed by atoms with van der Waals surface area (Å²) in [6.45, 7) is -2.26. The van der Waals surface area contributed by atoms with Crippen LogP contribution in [0.15, 0.2) is 30.3 Å². The minimum absolute atomic E-state index is 0.0271. The van der Waals surface area contributed by atoms with E-state index in [4.69, 9.17) is 36.6 Å². The number of nitrogens with one attached hydrogen (secondary N) is 1. The maximum Gasteiger partial charge on any atom is 0.222 e. The lowest BCUT2D eigenvalue weighted by atomic mass is 10.1. The number of benzene rings is 2. The molecular weight excluding hydrogens is 334 g/mol. The molecule has 8 heteroatoms. The van der Waals surface area contributed by atoms with E-state index in [0.717, 1.165) is 12.1 Å². The molecule has 0 bridgehead atoms. The van der Waals surface area contributed by atoms with E-state index in [1.165, 1.54) is 25.3 Å². The molecular formula is C18H21N5O3. The third-order valence-electron chi connectivity index (χ3n) is 3.54. The number of ether oxygens (including phenoxy) is 3. The fraction of sp³-hybridized carbons (Fsp3) is 0.222. The summed E-state index contributed by atoms with van der Waals surface area (Å²) in [7, 11) is -4.63. The summed E-state index contributed by atoms with van der Waals surface area (Å²) >= 11 is 0. The van der Waals surface area contributed by atoms with Crippen LogP contribution >= 0.6 is 0 Å². The van der Waals surface area contributed by atoms with Gasteiger partial charge < -0.3 is 31.0 Å². The van der Waals surface area contributed by atoms with Crippen molar-refractivity contribution < 1.29 is 25.2 Å². The van der Waals surface area contributed by atoms with Crippen LogP contribution in [-0.4, -0.2) is 31.2 Å². The Morgan fingerprint density at radius 3 is 2.46 bits per heavy atom. The van der Waals surface area contributed by atoms with Crippen molar-refractivity contribution in [3.05, 3.63) is 35.9 Å². The lowest BCUT2D eigenvalue weighted by Gasteiger charge is -2.15. The van der Waals surface area contributed by atoms with E-state index >= 15 is 0 Å². The third-order valence-corrected chi connectivity index (χ3v) is 3.54. The van der Waals surface area contributed by atoms with Crippen molar-refractivity contribution in [2.75, 3.05) is 38.0 Å². The van der Waals surface area contributed by atoms with E-state index in [1.54, 1.807) is 0 Å². The van der Waals surface area contributed by atoms with Gasteiger partial charge in [0.1, 0.15) is 5.82 Å². The van der Waals surface area contributed by atoms with Crippen molar-refractivity contribution in [1.82, 2.24) is 9.97 Å². The SMILES string of the molecule is [2H]C([2H])([2H])Oc1cc(NC([2H])([2H])c2ccc3nc(N)nc(N)c3c2)cc(OC([2H])([2H])[2H])c1OC. The summed E-state index contributed by atoms with van der Waals surface area (Å²) in [5, 5.41) is 2.94. The molecule has 0 aliphatic rings. The largest absolute Gasteiger partial charge is 0.493 e. The number of fused-ring (bicyclic) bond motifs is 1. The molecule has 0 atom stereocenters. The second kappa shape index (κ2) is 7.22. The molecule has 136 valence electrons. The number of anilines is 3. The van der Waals surface area contributed by atoms with Gasteiger partial charge in [-0.2, -0.15) is 4.98 Å². The molecule has 2 aromatic carbocycles. The van der Waals surface area contributed by atoms with E-state index in [9.17, 15) is 0 Å². The van der Waals surface area contributed by atoms with Crippen LogP contribution in [-0.2, 0) is 6.50 Å². The Bertz CT molecular complexity index is 1180. The zero-order valence-corrected chi connectivity index (χ0v) is 13.7. The minimum Gasteiger partial charge on any atom is -0.493 e. The van der Waals surface area contributed by atoms with Crippen LogP contribution in [0.1, 0.15) is 16.5 Å². The molecule has 8 nitrogen and oxygen atoms in total. The molecule has 0 fully saturated rings. The van der Waals surface area contributed by atoms with Crippen molar-refractivity contribution >= 4 is 28.4 Å². The van der Waals surface area contributed by atoms with Crippen LogP contribution in [0.4, 0.5) is 17.5 Å². The highest BCUT2D eigenvalue weighted by Gasteiger charge is 2.13. The number of nitrogens with zero attached hydrogens (tertiary/aromatic N) is 2. The van der Waals surface area contributed by atoms with Crippen molar-refractivity contribution in [1.29, 1.82) is 0 Å². The van der Waals surface area contributed by atoms with Gasteiger partial charge in [-0.3, -0.25) is 0 Å². The van der Waals surface area contributed by atoms with Crippen molar-refractivity contribution in [2.24, 2.45) is 0 Å². The second-order valence-electron chi connectivity index (χ2n) is 5.16. The number of hydrogen-bond acceptors (Lipinski definition) is 8. The van der Waals surface area contributed by atoms with E-state index < -0.39 is 20.6 Å². The molecule has 0 saturated carbocycles. The van der Waals surface area contributed by atoms with Gasteiger partial charge in [0, 0.05) is 29.7 Å². The number of nitrogens with two attached hydrogens (primary N) is 2. The first-order valence-corrected chi connectivity index (χ1v) is 7.29. The molecule has 1 heterocycles. The highest BCUT2D eigenvalue weighted by atomic mass is 16.5. The molecule has 0 spiro atoms. The van der Waals surface area contributed by atoms with Gasteiger partial charge in [-0.1, -0.05) is 6.07 Å². The van der Waals surface area contributed by atoms with Gasteiger partial charge in [0.15, 0.2) is 11.5 Å². The van der Waals surface area contributed by atoms with Gasteiger partial charge in [-0.05, 0) is 17.7 Å². The predicted molar refractivity (Wildman–Crippen MR) is 102 cm³/mol. The van der Waals surface area contributed by atoms with Gasteiger partial charge in [-0.15, -0.1) is 0 Å². The maximum atomic E-state index is 8.51. The maximum absolute atomic E-state index is 8.51. The van der Waals surface area contributed by atoms with Crippen LogP contribution in [0.3, 0.4) is 0 Å². The number of hydrogen-bond donors (Lipinski definition) is 3. The summed E-state index contributed by atoms with van der Waals surface area (Å²) < 4.78 is 76.2. The fourth-order valence-electron chi connectivity index (χ4n) is 2.39. The Morgan fingerprint density at radius 1 is 1.08 bits per heavy atom. The monoisotopic (exact) mass is 363 g/mol. The van der Waals surface area contributed by atoms with E-state index in [1.807, 2.05) is 0 Å². The molecule has 5 N–H and O–H groups in total. The van der Waals surface area contributed by atoms with Gasteiger partial charge in [0.25, 0.3) is 0 Å². The van der Waals surface area contributed by atoms with Crippen LogP contribution < -0.4 is 31.0 Å². The number of methoxy groups -OCH3 is 3. The standard InChI is InChI=1S/C18H21N5O3/c1-24-14-7-11(8-15(25-2)16(14)26-3)21-9-10-4-5-13-12(6-10)17(19)23-18(20)22-13/h4-8,21H,9H2,1-3H3,(H4,19,20,22,23)/i1D3,2D3,9D2. The number of aromatic nitrogens is 2. The molecule has 3 aromatic rings. The molecule has 0 unspecified atom stereocenters. The molecule has 0 aliphatic heterocycles. The number of rotatable bonds is 6. The lowest BCUT2D eigenvalue weighted by molar-refractivity contribution is 0.324. The molecule has 0 aliphatic carbocycles. The van der Waals surface area contributed by atoms with Crippen LogP contribution in [0.2, 0.25) is 0 Å². The average Bonchev–Trinajstić information content (AvgIpc) is 2.64. The van der Waals surface area contributed by atoms with Gasteiger partial charge in [0.05, 0.1) is 37.7 Å². The van der Waals surface area contributed by atoms with Crippen LogP contribution in [0.25, 0.3) is 10.9 Å². The van der Waals surface area contributed by atoms with Crippen molar-refractivity contribution in [3.8, 4) is 17.2 Å². The Hall–Kier alpha value is -3.42. The topological polar surface area (TPSA) is 118 Å². The second-order valence-corrected chi connectivity index (χ2v) is 5.16. The Labute approximate surface area is 162 Å². The van der Waals surface area contributed by atoms with E-state index in [-0.39, 0.29) is 40.3 Å². The predicted octanol–water partition coefficient (Wildman–Crippen LogP) is 2.43. The Kier molecular flexibility index (Phi) is 2.75. The zero-order valence-electron chi connectivity index (χ0n) is 21.7. The molecule has 0 radical (unpaired) electrons. The molecule has 1 aromatic heterocycles. The summed E-state index contributed by atoms with van der Waals surface area (Å²) in [5.74, 6) is -1.01. The van der Waals surface area contributed by atoms with Gasteiger partial charge in [0.2, 0.25) is 11.7 Å². The normalized spacial score (nSPS) is 16.7. The lowest BCUT2D eigenvalue weighted by Crippen LogP contribution is -2.03. The summed E-state index contributed by atoms with van der Waals surface area (Å²) in [4.78, 5) is 7.91. The summed E-state index contributed by atoms with van der Waals surface area (Å²) in [5.41, 5.74) is 12.0. The minimum atomic E-state index is -2.90. The third kappa shape index (κ3) is 3.34. The van der Waals surface area contributed by atoms with Gasteiger partial charge in [-0.25, -0.2) is 4.98 Å². The average molecular weight is 363 g/mol. The first-order chi connectivity index (χ1) is 15.6. The number of nitrogen functional groups attached to an aromatic ring is 2. The van der Waals surface area contributed by atoms with Crippen molar-refractivity contribution in [3.63, 3.8) is 0 Å². The highest BCUT2D eigenvalue weighted by Crippen LogP contribution is 2.40. The summed E-state index contributed by atoms with van der Waals surface area (Å²) in [6, 6.07) is 6.69.